The topological polar surface area (TPSA) is 74.2 Å². The fraction of sp³-hybridized carbons (Fsp3) is 0.538. The summed E-state index contributed by atoms with van der Waals surface area (Å²) in [5.74, 6) is 0.339. The molecule has 0 saturated carbocycles. The Bertz CT molecular complexity index is 494. The standard InChI is InChI=1S/C13H20NO5P/c1-10(17-13(2,3)4)18-20(5,16)19-12-8-6-11(14-15)7-9-12/h6-10H,1-5H3. The number of ether oxygens (including phenoxy) is 1. The van der Waals surface area contributed by atoms with Gasteiger partial charge in [-0.2, -0.15) is 0 Å². The van der Waals surface area contributed by atoms with Crippen LogP contribution in [0.25, 0.3) is 0 Å². The molecule has 0 amide bonds. The maximum Gasteiger partial charge on any atom is 0.378 e. The molecular formula is C13H20NO5P. The van der Waals surface area contributed by atoms with Crippen LogP contribution in [0.1, 0.15) is 27.7 Å². The maximum atomic E-state index is 12.2. The number of hydrogen-bond donors (Lipinski definition) is 0. The molecule has 0 aliphatic rings. The van der Waals surface area contributed by atoms with E-state index in [9.17, 15) is 9.47 Å². The van der Waals surface area contributed by atoms with Crippen LogP contribution in [0.5, 0.6) is 5.75 Å². The Balaban J connectivity index is 2.64. The first kappa shape index (κ1) is 16.8. The summed E-state index contributed by atoms with van der Waals surface area (Å²) < 4.78 is 28.3. The van der Waals surface area contributed by atoms with Crippen LogP contribution in [0, 0.1) is 4.91 Å². The van der Waals surface area contributed by atoms with Crippen LogP contribution in [0.4, 0.5) is 5.69 Å². The quantitative estimate of drug-likeness (QED) is 0.440. The van der Waals surface area contributed by atoms with E-state index in [4.69, 9.17) is 13.8 Å². The zero-order valence-corrected chi connectivity index (χ0v) is 13.2. The summed E-state index contributed by atoms with van der Waals surface area (Å²) in [4.78, 5) is 10.3. The van der Waals surface area contributed by atoms with Gasteiger partial charge < -0.3 is 9.26 Å². The Kier molecular flexibility index (Phi) is 5.45. The van der Waals surface area contributed by atoms with Crippen molar-refractivity contribution in [2.45, 2.75) is 39.6 Å². The van der Waals surface area contributed by atoms with Gasteiger partial charge in [0.2, 0.25) is 0 Å². The molecule has 1 aromatic rings. The first-order chi connectivity index (χ1) is 9.11. The summed E-state index contributed by atoms with van der Waals surface area (Å²) in [6.45, 7) is 8.64. The average Bonchev–Trinajstić information content (AvgIpc) is 2.25. The van der Waals surface area contributed by atoms with Crippen molar-refractivity contribution >= 4 is 13.3 Å². The number of rotatable bonds is 6. The summed E-state index contributed by atoms with van der Waals surface area (Å²) in [6.07, 6.45) is -0.665. The largest absolute Gasteiger partial charge is 0.424 e. The van der Waals surface area contributed by atoms with E-state index in [0.29, 0.717) is 5.75 Å². The zero-order valence-electron chi connectivity index (χ0n) is 12.3. The second-order valence-corrected chi connectivity index (χ2v) is 7.29. The molecule has 0 aliphatic heterocycles. The van der Waals surface area contributed by atoms with Gasteiger partial charge >= 0.3 is 7.60 Å². The van der Waals surface area contributed by atoms with Gasteiger partial charge in [0, 0.05) is 0 Å². The van der Waals surface area contributed by atoms with Crippen LogP contribution in [-0.2, 0) is 13.8 Å². The molecule has 7 heteroatoms. The minimum absolute atomic E-state index is 0.272. The molecule has 0 spiro atoms. The summed E-state index contributed by atoms with van der Waals surface area (Å²) in [5, 5.41) is 2.77. The van der Waals surface area contributed by atoms with E-state index in [1.54, 1.807) is 6.92 Å². The Morgan fingerprint density at radius 1 is 1.20 bits per heavy atom. The summed E-state index contributed by atoms with van der Waals surface area (Å²) in [5.41, 5.74) is -0.134. The van der Waals surface area contributed by atoms with Crippen molar-refractivity contribution < 1.29 is 18.3 Å². The van der Waals surface area contributed by atoms with Crippen molar-refractivity contribution in [1.29, 1.82) is 0 Å². The first-order valence-electron chi connectivity index (χ1n) is 6.18. The first-order valence-corrected chi connectivity index (χ1v) is 8.17. The number of hydrogen-bond acceptors (Lipinski definition) is 6. The van der Waals surface area contributed by atoms with Crippen molar-refractivity contribution in [3.8, 4) is 5.75 Å². The lowest BCUT2D eigenvalue weighted by Gasteiger charge is -2.26. The highest BCUT2D eigenvalue weighted by Gasteiger charge is 2.25. The van der Waals surface area contributed by atoms with Gasteiger partial charge in [0.25, 0.3) is 0 Å². The van der Waals surface area contributed by atoms with E-state index in [1.807, 2.05) is 20.8 Å². The fourth-order valence-corrected chi connectivity index (χ4v) is 2.70. The molecule has 1 rings (SSSR count). The smallest absolute Gasteiger partial charge is 0.378 e. The molecule has 2 atom stereocenters. The molecule has 2 unspecified atom stereocenters. The third-order valence-corrected chi connectivity index (χ3v) is 3.30. The molecule has 6 nitrogen and oxygen atoms in total. The SMILES string of the molecule is CC(OC(C)(C)C)OP(C)(=O)Oc1ccc(N=O)cc1. The van der Waals surface area contributed by atoms with Gasteiger partial charge in [-0.05, 0) is 57.1 Å². The normalized spacial score (nSPS) is 16.2. The Hall–Kier alpha value is -1.23. The zero-order chi connectivity index (χ0) is 15.4. The molecule has 0 aliphatic carbocycles. The molecule has 1 aromatic carbocycles. The lowest BCUT2D eigenvalue weighted by molar-refractivity contribution is -0.142. The Labute approximate surface area is 118 Å². The maximum absolute atomic E-state index is 12.2. The second-order valence-electron chi connectivity index (χ2n) is 5.35. The molecular weight excluding hydrogens is 281 g/mol. The van der Waals surface area contributed by atoms with E-state index in [1.165, 1.54) is 30.9 Å². The van der Waals surface area contributed by atoms with E-state index < -0.39 is 19.5 Å². The molecule has 0 fully saturated rings. The highest BCUT2D eigenvalue weighted by molar-refractivity contribution is 7.53. The highest BCUT2D eigenvalue weighted by Crippen LogP contribution is 2.46. The van der Waals surface area contributed by atoms with Gasteiger partial charge in [-0.1, -0.05) is 0 Å². The van der Waals surface area contributed by atoms with Crippen LogP contribution in [0.15, 0.2) is 29.4 Å². The molecule has 0 aromatic heterocycles. The van der Waals surface area contributed by atoms with E-state index >= 15 is 0 Å². The Morgan fingerprint density at radius 2 is 1.75 bits per heavy atom. The molecule has 112 valence electrons. The highest BCUT2D eigenvalue weighted by atomic mass is 31.2. The summed E-state index contributed by atoms with van der Waals surface area (Å²) in [6, 6.07) is 5.95. The second kappa shape index (κ2) is 6.48. The number of benzene rings is 1. The van der Waals surface area contributed by atoms with E-state index in [2.05, 4.69) is 5.18 Å². The molecule has 0 N–H and O–H groups in total. The fourth-order valence-electron chi connectivity index (χ4n) is 1.57. The predicted octanol–water partition coefficient (Wildman–Crippen LogP) is 4.46. The van der Waals surface area contributed by atoms with Crippen LogP contribution in [-0.4, -0.2) is 18.6 Å². The summed E-state index contributed by atoms with van der Waals surface area (Å²) in [7, 11) is -3.31. The molecule has 0 radical (unpaired) electrons. The predicted molar refractivity (Wildman–Crippen MR) is 77.4 cm³/mol. The van der Waals surface area contributed by atoms with Gasteiger partial charge in [-0.25, -0.2) is 4.57 Å². The van der Waals surface area contributed by atoms with Crippen LogP contribution >= 0.6 is 7.60 Å². The molecule has 0 bridgehead atoms. The third kappa shape index (κ3) is 6.28. The Morgan fingerprint density at radius 3 is 2.20 bits per heavy atom. The van der Waals surface area contributed by atoms with E-state index in [0.717, 1.165) is 0 Å². The van der Waals surface area contributed by atoms with E-state index in [-0.39, 0.29) is 5.69 Å². The minimum Gasteiger partial charge on any atom is -0.424 e. The molecule has 0 saturated heterocycles. The lowest BCUT2D eigenvalue weighted by atomic mass is 10.2. The molecule has 20 heavy (non-hydrogen) atoms. The van der Waals surface area contributed by atoms with Crippen molar-refractivity contribution in [1.82, 2.24) is 0 Å². The minimum atomic E-state index is -3.31. The van der Waals surface area contributed by atoms with Gasteiger partial charge in [0.15, 0.2) is 6.29 Å². The average molecular weight is 301 g/mol. The monoisotopic (exact) mass is 301 g/mol. The lowest BCUT2D eigenvalue weighted by Crippen LogP contribution is -2.27. The number of nitrogens with zero attached hydrogens (tertiary/aromatic N) is 1. The van der Waals surface area contributed by atoms with Gasteiger partial charge in [0.05, 0.1) is 12.3 Å². The van der Waals surface area contributed by atoms with Gasteiger partial charge in [-0.3, -0.25) is 4.52 Å². The van der Waals surface area contributed by atoms with Crippen LogP contribution < -0.4 is 4.52 Å². The third-order valence-electron chi connectivity index (χ3n) is 2.07. The number of nitroso groups, excluding NO2 is 1. The van der Waals surface area contributed by atoms with Crippen molar-refractivity contribution in [3.05, 3.63) is 29.2 Å². The van der Waals surface area contributed by atoms with Crippen molar-refractivity contribution in [2.24, 2.45) is 5.18 Å². The summed E-state index contributed by atoms with van der Waals surface area (Å²) >= 11 is 0. The van der Waals surface area contributed by atoms with Gasteiger partial charge in [0.1, 0.15) is 11.4 Å². The van der Waals surface area contributed by atoms with Gasteiger partial charge in [-0.15, -0.1) is 4.91 Å². The van der Waals surface area contributed by atoms with Crippen molar-refractivity contribution in [3.63, 3.8) is 0 Å². The van der Waals surface area contributed by atoms with Crippen LogP contribution in [0.2, 0.25) is 0 Å². The van der Waals surface area contributed by atoms with Crippen molar-refractivity contribution in [2.75, 3.05) is 6.66 Å². The van der Waals surface area contributed by atoms with Crippen LogP contribution in [0.3, 0.4) is 0 Å². The molecule has 0 heterocycles.